The van der Waals surface area contributed by atoms with Crippen LogP contribution in [0, 0.1) is 0 Å². The SMILES string of the molecule is CC(NC(=O)C1(N)CCOCC1)c1cccc(NC(=O)c2ccccc2)c1. The Labute approximate surface area is 159 Å². The third-order valence-electron chi connectivity index (χ3n) is 4.87. The van der Waals surface area contributed by atoms with Crippen LogP contribution in [-0.4, -0.2) is 30.6 Å². The lowest BCUT2D eigenvalue weighted by Crippen LogP contribution is -2.57. The normalized spacial score (nSPS) is 17.0. The van der Waals surface area contributed by atoms with Crippen molar-refractivity contribution in [3.63, 3.8) is 0 Å². The van der Waals surface area contributed by atoms with Gasteiger partial charge in [0.1, 0.15) is 0 Å². The summed E-state index contributed by atoms with van der Waals surface area (Å²) in [6, 6.07) is 16.2. The van der Waals surface area contributed by atoms with Gasteiger partial charge in [-0.1, -0.05) is 30.3 Å². The Hall–Kier alpha value is -2.70. The van der Waals surface area contributed by atoms with E-state index >= 15 is 0 Å². The Morgan fingerprint density at radius 1 is 1.07 bits per heavy atom. The first-order valence-corrected chi connectivity index (χ1v) is 9.12. The zero-order valence-corrected chi connectivity index (χ0v) is 15.4. The first-order valence-electron chi connectivity index (χ1n) is 9.12. The molecule has 0 spiro atoms. The van der Waals surface area contributed by atoms with Gasteiger partial charge in [-0.2, -0.15) is 0 Å². The monoisotopic (exact) mass is 367 g/mol. The summed E-state index contributed by atoms with van der Waals surface area (Å²) in [5, 5.41) is 5.87. The molecule has 0 aliphatic carbocycles. The van der Waals surface area contributed by atoms with Gasteiger partial charge in [-0.3, -0.25) is 9.59 Å². The lowest BCUT2D eigenvalue weighted by Gasteiger charge is -2.33. The number of carbonyl (C=O) groups is 2. The molecule has 1 unspecified atom stereocenters. The third-order valence-corrected chi connectivity index (χ3v) is 4.87. The number of hydrogen-bond acceptors (Lipinski definition) is 4. The molecule has 6 nitrogen and oxygen atoms in total. The second-order valence-corrected chi connectivity index (χ2v) is 6.91. The van der Waals surface area contributed by atoms with E-state index in [-0.39, 0.29) is 17.9 Å². The standard InChI is InChI=1S/C21H25N3O3/c1-15(23-20(26)21(22)10-12-27-13-11-21)17-8-5-9-18(14-17)24-19(25)16-6-3-2-4-7-16/h2-9,14-15H,10-13,22H2,1H3,(H,23,26)(H,24,25). The minimum absolute atomic E-state index is 0.169. The molecule has 4 N–H and O–H groups in total. The van der Waals surface area contributed by atoms with Crippen LogP contribution in [0.15, 0.2) is 54.6 Å². The molecule has 0 radical (unpaired) electrons. The number of nitrogens with two attached hydrogens (primary N) is 1. The van der Waals surface area contributed by atoms with Crippen molar-refractivity contribution in [2.75, 3.05) is 18.5 Å². The number of carbonyl (C=O) groups excluding carboxylic acids is 2. The maximum atomic E-state index is 12.6. The van der Waals surface area contributed by atoms with Crippen molar-refractivity contribution in [2.45, 2.75) is 31.3 Å². The molecule has 2 aromatic rings. The highest BCUT2D eigenvalue weighted by Crippen LogP contribution is 2.22. The summed E-state index contributed by atoms with van der Waals surface area (Å²) in [7, 11) is 0. The summed E-state index contributed by atoms with van der Waals surface area (Å²) in [5.41, 5.74) is 7.52. The number of anilines is 1. The number of nitrogens with one attached hydrogen (secondary N) is 2. The Kier molecular flexibility index (Phi) is 5.88. The fraction of sp³-hybridized carbons (Fsp3) is 0.333. The van der Waals surface area contributed by atoms with E-state index in [1.54, 1.807) is 12.1 Å². The fourth-order valence-corrected chi connectivity index (χ4v) is 3.06. The van der Waals surface area contributed by atoms with Crippen LogP contribution in [0.2, 0.25) is 0 Å². The maximum absolute atomic E-state index is 12.6. The highest BCUT2D eigenvalue weighted by atomic mass is 16.5. The molecule has 1 heterocycles. The van der Waals surface area contributed by atoms with Gasteiger partial charge in [0.25, 0.3) is 5.91 Å². The molecular formula is C21H25N3O3. The summed E-state index contributed by atoms with van der Waals surface area (Å²) in [4.78, 5) is 24.9. The molecule has 1 aliphatic heterocycles. The van der Waals surface area contributed by atoms with E-state index in [0.29, 0.717) is 37.3 Å². The first kappa shape index (κ1) is 19.1. The smallest absolute Gasteiger partial charge is 0.255 e. The van der Waals surface area contributed by atoms with Crippen LogP contribution in [-0.2, 0) is 9.53 Å². The minimum Gasteiger partial charge on any atom is -0.381 e. The van der Waals surface area contributed by atoms with Gasteiger partial charge in [0.05, 0.1) is 11.6 Å². The Morgan fingerprint density at radius 2 is 1.78 bits per heavy atom. The second kappa shape index (κ2) is 8.33. The molecule has 3 rings (SSSR count). The maximum Gasteiger partial charge on any atom is 0.255 e. The van der Waals surface area contributed by atoms with Crippen molar-refractivity contribution in [2.24, 2.45) is 5.73 Å². The first-order chi connectivity index (χ1) is 13.0. The molecule has 2 amide bonds. The predicted molar refractivity (Wildman–Crippen MR) is 104 cm³/mol. The molecule has 0 bridgehead atoms. The average Bonchev–Trinajstić information content (AvgIpc) is 2.69. The lowest BCUT2D eigenvalue weighted by molar-refractivity contribution is -0.130. The van der Waals surface area contributed by atoms with E-state index in [0.717, 1.165) is 5.56 Å². The molecule has 142 valence electrons. The molecule has 27 heavy (non-hydrogen) atoms. The van der Waals surface area contributed by atoms with E-state index in [9.17, 15) is 9.59 Å². The van der Waals surface area contributed by atoms with Crippen LogP contribution in [0.3, 0.4) is 0 Å². The molecule has 2 aromatic carbocycles. The van der Waals surface area contributed by atoms with Crippen LogP contribution in [0.25, 0.3) is 0 Å². The van der Waals surface area contributed by atoms with E-state index < -0.39 is 5.54 Å². The van der Waals surface area contributed by atoms with Gasteiger partial charge >= 0.3 is 0 Å². The van der Waals surface area contributed by atoms with Gasteiger partial charge in [-0.05, 0) is 49.6 Å². The van der Waals surface area contributed by atoms with Crippen molar-refractivity contribution >= 4 is 17.5 Å². The van der Waals surface area contributed by atoms with Crippen molar-refractivity contribution in [1.82, 2.24) is 5.32 Å². The summed E-state index contributed by atoms with van der Waals surface area (Å²) in [6.07, 6.45) is 1.03. The van der Waals surface area contributed by atoms with E-state index in [1.807, 2.05) is 49.4 Å². The molecular weight excluding hydrogens is 342 g/mol. The van der Waals surface area contributed by atoms with Gasteiger partial charge in [0.2, 0.25) is 5.91 Å². The van der Waals surface area contributed by atoms with E-state index in [2.05, 4.69) is 10.6 Å². The van der Waals surface area contributed by atoms with Crippen LogP contribution in [0.4, 0.5) is 5.69 Å². The molecule has 1 saturated heterocycles. The zero-order chi connectivity index (χ0) is 19.3. The summed E-state index contributed by atoms with van der Waals surface area (Å²) < 4.78 is 5.29. The third kappa shape index (κ3) is 4.72. The molecule has 1 atom stereocenters. The highest BCUT2D eigenvalue weighted by Gasteiger charge is 2.36. The summed E-state index contributed by atoms with van der Waals surface area (Å²) >= 11 is 0. The predicted octanol–water partition coefficient (Wildman–Crippen LogP) is 2.62. The molecule has 6 heteroatoms. The molecule has 0 aromatic heterocycles. The zero-order valence-electron chi connectivity index (χ0n) is 15.4. The number of amides is 2. The quantitative estimate of drug-likeness (QED) is 0.757. The lowest BCUT2D eigenvalue weighted by atomic mass is 9.90. The van der Waals surface area contributed by atoms with Crippen LogP contribution in [0.1, 0.15) is 41.7 Å². The topological polar surface area (TPSA) is 93.5 Å². The highest BCUT2D eigenvalue weighted by molar-refractivity contribution is 6.04. The Morgan fingerprint density at radius 3 is 2.48 bits per heavy atom. The van der Waals surface area contributed by atoms with E-state index in [1.165, 1.54) is 0 Å². The fourth-order valence-electron chi connectivity index (χ4n) is 3.06. The number of hydrogen-bond donors (Lipinski definition) is 3. The number of benzene rings is 2. The van der Waals surface area contributed by atoms with Crippen molar-refractivity contribution in [3.05, 3.63) is 65.7 Å². The largest absolute Gasteiger partial charge is 0.381 e. The second-order valence-electron chi connectivity index (χ2n) is 6.91. The Balaban J connectivity index is 1.65. The van der Waals surface area contributed by atoms with Crippen LogP contribution in [0.5, 0.6) is 0 Å². The summed E-state index contributed by atoms with van der Waals surface area (Å²) in [6.45, 7) is 2.90. The molecule has 0 saturated carbocycles. The van der Waals surface area contributed by atoms with Gasteiger partial charge in [-0.15, -0.1) is 0 Å². The van der Waals surface area contributed by atoms with Gasteiger partial charge in [-0.25, -0.2) is 0 Å². The van der Waals surface area contributed by atoms with Crippen LogP contribution >= 0.6 is 0 Å². The van der Waals surface area contributed by atoms with Gasteiger partial charge < -0.3 is 21.1 Å². The van der Waals surface area contributed by atoms with Crippen molar-refractivity contribution < 1.29 is 14.3 Å². The number of ether oxygens (including phenoxy) is 1. The number of rotatable bonds is 5. The summed E-state index contributed by atoms with van der Waals surface area (Å²) in [5.74, 6) is -0.343. The van der Waals surface area contributed by atoms with Gasteiger partial charge in [0, 0.05) is 24.5 Å². The van der Waals surface area contributed by atoms with E-state index in [4.69, 9.17) is 10.5 Å². The van der Waals surface area contributed by atoms with Gasteiger partial charge in [0.15, 0.2) is 0 Å². The molecule has 1 fully saturated rings. The van der Waals surface area contributed by atoms with Crippen molar-refractivity contribution in [3.8, 4) is 0 Å². The minimum atomic E-state index is -0.883. The molecule has 1 aliphatic rings. The van der Waals surface area contributed by atoms with Crippen LogP contribution < -0.4 is 16.4 Å². The van der Waals surface area contributed by atoms with Crippen molar-refractivity contribution in [1.29, 1.82) is 0 Å². The Bertz CT molecular complexity index is 801. The average molecular weight is 367 g/mol.